The molecule has 0 bridgehead atoms. The first-order valence-electron chi connectivity index (χ1n) is 13.0. The summed E-state index contributed by atoms with van der Waals surface area (Å²) in [4.78, 5) is 0. The van der Waals surface area contributed by atoms with Crippen LogP contribution in [-0.4, -0.2) is 9.78 Å². The Bertz CT molecular complexity index is 790. The molecule has 0 aromatic carbocycles. The molecule has 0 spiro atoms. The molecule has 0 saturated heterocycles. The lowest BCUT2D eigenvalue weighted by Crippen LogP contribution is -2.50. The fourth-order valence-corrected chi connectivity index (χ4v) is 9.43. The summed E-state index contributed by atoms with van der Waals surface area (Å²) in [6.07, 6.45) is 18.5. The van der Waals surface area contributed by atoms with Gasteiger partial charge in [-0.15, -0.1) is 0 Å². The summed E-state index contributed by atoms with van der Waals surface area (Å²) in [7, 11) is 0. The molecule has 9 atom stereocenters. The van der Waals surface area contributed by atoms with Crippen LogP contribution in [0.15, 0.2) is 12.4 Å². The minimum atomic E-state index is 0.570. The van der Waals surface area contributed by atoms with Crippen LogP contribution in [0.25, 0.3) is 0 Å². The van der Waals surface area contributed by atoms with Gasteiger partial charge in [-0.1, -0.05) is 27.2 Å². The minimum Gasteiger partial charge on any atom is -0.271 e. The van der Waals surface area contributed by atoms with E-state index < -0.39 is 0 Å². The van der Waals surface area contributed by atoms with Gasteiger partial charge in [0.05, 0.1) is 11.8 Å². The molecule has 3 nitrogen and oxygen atoms in total. The van der Waals surface area contributed by atoms with Crippen LogP contribution < -0.4 is 0 Å². The molecule has 164 valence electrons. The van der Waals surface area contributed by atoms with Gasteiger partial charge in [0, 0.05) is 12.7 Å². The van der Waals surface area contributed by atoms with E-state index in [0.717, 1.165) is 48.0 Å². The number of hydrogen-bond donors (Lipinski definition) is 0. The van der Waals surface area contributed by atoms with Crippen molar-refractivity contribution in [2.24, 2.45) is 52.8 Å². The van der Waals surface area contributed by atoms with Gasteiger partial charge >= 0.3 is 0 Å². The van der Waals surface area contributed by atoms with Crippen molar-refractivity contribution >= 4 is 0 Å². The highest BCUT2D eigenvalue weighted by molar-refractivity contribution is 5.21. The van der Waals surface area contributed by atoms with Gasteiger partial charge in [0.1, 0.15) is 6.07 Å². The van der Waals surface area contributed by atoms with Gasteiger partial charge in [-0.2, -0.15) is 10.4 Å². The standard InChI is InChI=1S/C27H41N3/c1-4-27-12-11-23-22-7-5-18(2)13-21(22)6-8-24(23)26(27)10-9-25(27)19(3)16-30-17-20(14-28)15-29-30/h15,17-19,21-26H,4-13,16H2,1-3H3/t18?,19-,21?,22?,23?,24?,25?,26?,27?/m1/s1. The van der Waals surface area contributed by atoms with Crippen molar-refractivity contribution in [2.45, 2.75) is 91.5 Å². The predicted molar refractivity (Wildman–Crippen MR) is 120 cm³/mol. The quantitative estimate of drug-likeness (QED) is 0.558. The topological polar surface area (TPSA) is 41.6 Å². The molecule has 8 unspecified atom stereocenters. The lowest BCUT2D eigenvalue weighted by molar-refractivity contribution is -0.0833. The lowest BCUT2D eigenvalue weighted by Gasteiger charge is -2.57. The second kappa shape index (κ2) is 7.99. The lowest BCUT2D eigenvalue weighted by atomic mass is 9.48. The smallest absolute Gasteiger partial charge is 0.102 e. The summed E-state index contributed by atoms with van der Waals surface area (Å²) in [5.74, 6) is 7.58. The molecule has 5 rings (SSSR count). The van der Waals surface area contributed by atoms with Crippen LogP contribution in [0.2, 0.25) is 0 Å². The van der Waals surface area contributed by atoms with Gasteiger partial charge in [-0.05, 0) is 111 Å². The highest BCUT2D eigenvalue weighted by Gasteiger charge is 2.58. The highest BCUT2D eigenvalue weighted by atomic mass is 15.3. The molecule has 1 heterocycles. The fourth-order valence-electron chi connectivity index (χ4n) is 9.43. The molecule has 4 aliphatic carbocycles. The van der Waals surface area contributed by atoms with Crippen molar-refractivity contribution in [3.05, 3.63) is 18.0 Å². The van der Waals surface area contributed by atoms with Gasteiger partial charge < -0.3 is 0 Å². The molecule has 3 heteroatoms. The summed E-state index contributed by atoms with van der Waals surface area (Å²) < 4.78 is 2.03. The Balaban J connectivity index is 1.33. The maximum atomic E-state index is 9.13. The molecular weight excluding hydrogens is 366 g/mol. The SMILES string of the molecule is CCC12CCC3C4CCC(C)CC4CCC3C1CCC2[C@H](C)Cn1cc(C#N)cn1. The molecule has 4 aliphatic rings. The summed E-state index contributed by atoms with van der Waals surface area (Å²) in [6.45, 7) is 8.42. The molecule has 0 radical (unpaired) electrons. The molecule has 1 aromatic rings. The van der Waals surface area contributed by atoms with Gasteiger partial charge in [0.15, 0.2) is 0 Å². The van der Waals surface area contributed by atoms with Crippen LogP contribution in [-0.2, 0) is 6.54 Å². The molecule has 4 fully saturated rings. The maximum Gasteiger partial charge on any atom is 0.102 e. The van der Waals surface area contributed by atoms with Crippen molar-refractivity contribution in [2.75, 3.05) is 0 Å². The Morgan fingerprint density at radius 3 is 2.73 bits per heavy atom. The predicted octanol–water partition coefficient (Wildman–Crippen LogP) is 6.69. The van der Waals surface area contributed by atoms with Crippen LogP contribution >= 0.6 is 0 Å². The summed E-state index contributed by atoms with van der Waals surface area (Å²) in [6, 6.07) is 2.23. The summed E-state index contributed by atoms with van der Waals surface area (Å²) >= 11 is 0. The minimum absolute atomic E-state index is 0.570. The van der Waals surface area contributed by atoms with E-state index in [0.29, 0.717) is 16.9 Å². The second-order valence-corrected chi connectivity index (χ2v) is 11.7. The van der Waals surface area contributed by atoms with Crippen LogP contribution in [0, 0.1) is 64.1 Å². The van der Waals surface area contributed by atoms with E-state index in [2.05, 4.69) is 31.9 Å². The monoisotopic (exact) mass is 407 g/mol. The summed E-state index contributed by atoms with van der Waals surface area (Å²) in [5.41, 5.74) is 1.26. The van der Waals surface area contributed by atoms with E-state index in [1.165, 1.54) is 64.2 Å². The number of rotatable bonds is 4. The number of aromatic nitrogens is 2. The molecule has 30 heavy (non-hydrogen) atoms. The van der Waals surface area contributed by atoms with E-state index in [9.17, 15) is 0 Å². The zero-order valence-corrected chi connectivity index (χ0v) is 19.4. The van der Waals surface area contributed by atoms with E-state index in [4.69, 9.17) is 5.26 Å². The third-order valence-electron chi connectivity index (χ3n) is 10.6. The molecular formula is C27H41N3. The van der Waals surface area contributed by atoms with E-state index >= 15 is 0 Å². The van der Waals surface area contributed by atoms with Crippen LogP contribution in [0.1, 0.15) is 90.5 Å². The number of nitrogens with zero attached hydrogens (tertiary/aromatic N) is 3. The van der Waals surface area contributed by atoms with Crippen LogP contribution in [0.4, 0.5) is 0 Å². The van der Waals surface area contributed by atoms with Gasteiger partial charge in [-0.3, -0.25) is 4.68 Å². The fraction of sp³-hybridized carbons (Fsp3) is 0.852. The maximum absolute atomic E-state index is 9.13. The molecule has 0 N–H and O–H groups in total. The first-order valence-corrected chi connectivity index (χ1v) is 13.0. The molecule has 4 saturated carbocycles. The van der Waals surface area contributed by atoms with Crippen molar-refractivity contribution < 1.29 is 0 Å². The van der Waals surface area contributed by atoms with Crippen molar-refractivity contribution in [3.8, 4) is 6.07 Å². The molecule has 0 aliphatic heterocycles. The second-order valence-electron chi connectivity index (χ2n) is 11.7. The average molecular weight is 408 g/mol. The number of fused-ring (bicyclic) bond motifs is 5. The van der Waals surface area contributed by atoms with Gasteiger partial charge in [0.2, 0.25) is 0 Å². The normalized spacial score (nSPS) is 43.9. The highest BCUT2D eigenvalue weighted by Crippen LogP contribution is 2.66. The average Bonchev–Trinajstić information content (AvgIpc) is 3.37. The first-order chi connectivity index (χ1) is 14.6. The van der Waals surface area contributed by atoms with Gasteiger partial charge in [0.25, 0.3) is 0 Å². The van der Waals surface area contributed by atoms with Crippen LogP contribution in [0.3, 0.4) is 0 Å². The van der Waals surface area contributed by atoms with Crippen LogP contribution in [0.5, 0.6) is 0 Å². The van der Waals surface area contributed by atoms with Crippen molar-refractivity contribution in [3.63, 3.8) is 0 Å². The Morgan fingerprint density at radius 1 is 1.13 bits per heavy atom. The summed E-state index contributed by atoms with van der Waals surface area (Å²) in [5, 5.41) is 13.6. The molecule has 1 aromatic heterocycles. The Kier molecular flexibility index (Phi) is 5.49. The Morgan fingerprint density at radius 2 is 1.97 bits per heavy atom. The molecule has 0 amide bonds. The number of hydrogen-bond acceptors (Lipinski definition) is 2. The largest absolute Gasteiger partial charge is 0.271 e. The van der Waals surface area contributed by atoms with Gasteiger partial charge in [-0.25, -0.2) is 0 Å². The zero-order chi connectivity index (χ0) is 20.9. The van der Waals surface area contributed by atoms with E-state index in [1.807, 2.05) is 10.9 Å². The first kappa shape index (κ1) is 20.6. The van der Waals surface area contributed by atoms with Crippen molar-refractivity contribution in [1.29, 1.82) is 5.26 Å². The Labute approximate surface area is 183 Å². The Hall–Kier alpha value is -1.30. The van der Waals surface area contributed by atoms with E-state index in [-0.39, 0.29) is 0 Å². The number of nitriles is 1. The third-order valence-corrected chi connectivity index (χ3v) is 10.6. The van der Waals surface area contributed by atoms with E-state index in [1.54, 1.807) is 6.20 Å². The van der Waals surface area contributed by atoms with Crippen molar-refractivity contribution in [1.82, 2.24) is 9.78 Å². The third kappa shape index (κ3) is 3.25. The zero-order valence-electron chi connectivity index (χ0n) is 19.4.